The summed E-state index contributed by atoms with van der Waals surface area (Å²) in [5, 5.41) is 1.05. The fourth-order valence-electron chi connectivity index (χ4n) is 1.76. The Morgan fingerprint density at radius 1 is 1.20 bits per heavy atom. The molecule has 2 aromatic rings. The Kier molecular flexibility index (Phi) is 4.15. The first-order valence-corrected chi connectivity index (χ1v) is 6.31. The minimum atomic E-state index is -0.748. The number of benzene rings is 1. The molecule has 1 aromatic heterocycles. The van der Waals surface area contributed by atoms with Crippen LogP contribution in [0.15, 0.2) is 23.1 Å². The molecule has 20 heavy (non-hydrogen) atoms. The maximum absolute atomic E-state index is 11.8. The molecule has 0 saturated heterocycles. The number of pyridine rings is 1. The number of hydrogen-bond donors (Lipinski definition) is 1. The van der Waals surface area contributed by atoms with Crippen LogP contribution in [-0.4, -0.2) is 31.1 Å². The highest BCUT2D eigenvalue weighted by Crippen LogP contribution is 2.29. The second-order valence-electron chi connectivity index (χ2n) is 3.83. The van der Waals surface area contributed by atoms with Crippen LogP contribution >= 0.6 is 24.2 Å². The van der Waals surface area contributed by atoms with Crippen LogP contribution in [0.1, 0.15) is 20.8 Å². The van der Waals surface area contributed by atoms with Crippen molar-refractivity contribution in [1.29, 1.82) is 0 Å². The number of nitrogens with zero attached hydrogens (tertiary/aromatic N) is 1. The molecule has 0 atom stereocenters. The molecule has 0 radical (unpaired) electrons. The first-order chi connectivity index (χ1) is 9.49. The summed E-state index contributed by atoms with van der Waals surface area (Å²) in [6.45, 7) is 0. The van der Waals surface area contributed by atoms with E-state index in [1.165, 1.54) is 14.2 Å². The molecule has 0 aliphatic carbocycles. The van der Waals surface area contributed by atoms with Gasteiger partial charge in [0.25, 0.3) is 0 Å². The van der Waals surface area contributed by atoms with Gasteiger partial charge in [0.1, 0.15) is 5.56 Å². The number of halogens is 1. The fourth-order valence-corrected chi connectivity index (χ4v) is 2.31. The zero-order chi connectivity index (χ0) is 14.9. The van der Waals surface area contributed by atoms with Gasteiger partial charge < -0.3 is 9.47 Å². The molecular formula is C13H10ClNO4S. The fraction of sp³-hybridized carbons (Fsp3) is 0.154. The van der Waals surface area contributed by atoms with Crippen molar-refractivity contribution in [2.24, 2.45) is 0 Å². The second kappa shape index (κ2) is 5.68. The number of rotatable bonds is 2. The number of hydrogen-bond acceptors (Lipinski definition) is 6. The number of thiol groups is 1. The van der Waals surface area contributed by atoms with Gasteiger partial charge in [-0.05, 0) is 12.1 Å². The van der Waals surface area contributed by atoms with Crippen LogP contribution in [0.4, 0.5) is 0 Å². The van der Waals surface area contributed by atoms with Crippen molar-refractivity contribution < 1.29 is 19.1 Å². The van der Waals surface area contributed by atoms with E-state index in [9.17, 15) is 9.59 Å². The SMILES string of the molecule is COC(=O)c1nc2cc(Cl)ccc2c(S)c1C(=O)OC. The van der Waals surface area contributed by atoms with Gasteiger partial charge in [-0.1, -0.05) is 17.7 Å². The lowest BCUT2D eigenvalue weighted by Gasteiger charge is -2.11. The molecule has 0 N–H and O–H groups in total. The molecule has 0 aliphatic rings. The van der Waals surface area contributed by atoms with Crippen LogP contribution in [0, 0.1) is 0 Å². The number of carbonyl (C=O) groups excluding carboxylic acids is 2. The van der Waals surface area contributed by atoms with Gasteiger partial charge in [0.05, 0.1) is 19.7 Å². The van der Waals surface area contributed by atoms with Crippen molar-refractivity contribution in [3.8, 4) is 0 Å². The Hall–Kier alpha value is -1.79. The number of fused-ring (bicyclic) bond motifs is 1. The van der Waals surface area contributed by atoms with Crippen LogP contribution in [0.2, 0.25) is 5.02 Å². The van der Waals surface area contributed by atoms with Crippen molar-refractivity contribution in [3.05, 3.63) is 34.5 Å². The molecule has 2 rings (SSSR count). The van der Waals surface area contributed by atoms with Crippen LogP contribution in [0.25, 0.3) is 10.9 Å². The van der Waals surface area contributed by atoms with Gasteiger partial charge >= 0.3 is 11.9 Å². The Morgan fingerprint density at radius 2 is 1.85 bits per heavy atom. The van der Waals surface area contributed by atoms with E-state index in [2.05, 4.69) is 27.1 Å². The van der Waals surface area contributed by atoms with Gasteiger partial charge in [0.15, 0.2) is 5.69 Å². The third kappa shape index (κ3) is 2.44. The molecule has 104 valence electrons. The van der Waals surface area contributed by atoms with Gasteiger partial charge in [-0.25, -0.2) is 14.6 Å². The molecular weight excluding hydrogens is 302 g/mol. The van der Waals surface area contributed by atoms with Crippen LogP contribution < -0.4 is 0 Å². The Bertz CT molecular complexity index is 717. The van der Waals surface area contributed by atoms with Gasteiger partial charge in [0.2, 0.25) is 0 Å². The Morgan fingerprint density at radius 3 is 2.45 bits per heavy atom. The summed E-state index contributed by atoms with van der Waals surface area (Å²) < 4.78 is 9.29. The second-order valence-corrected chi connectivity index (χ2v) is 4.71. The average Bonchev–Trinajstić information content (AvgIpc) is 2.45. The molecule has 7 heteroatoms. The Labute approximate surface area is 125 Å². The van der Waals surface area contributed by atoms with E-state index in [0.717, 1.165) is 0 Å². The summed E-state index contributed by atoms with van der Waals surface area (Å²) in [7, 11) is 2.41. The summed E-state index contributed by atoms with van der Waals surface area (Å²) in [6.07, 6.45) is 0. The van der Waals surface area contributed by atoms with Crippen LogP contribution in [0.5, 0.6) is 0 Å². The first-order valence-electron chi connectivity index (χ1n) is 5.48. The molecule has 5 nitrogen and oxygen atoms in total. The van der Waals surface area contributed by atoms with Crippen molar-refractivity contribution >= 4 is 47.1 Å². The smallest absolute Gasteiger partial charge is 0.357 e. The maximum Gasteiger partial charge on any atom is 0.357 e. The molecule has 0 bridgehead atoms. The summed E-state index contributed by atoms with van der Waals surface area (Å²) >= 11 is 10.2. The van der Waals surface area contributed by atoms with E-state index in [-0.39, 0.29) is 11.3 Å². The van der Waals surface area contributed by atoms with Crippen molar-refractivity contribution in [1.82, 2.24) is 4.98 Å². The quantitative estimate of drug-likeness (QED) is 0.682. The monoisotopic (exact) mass is 311 g/mol. The largest absolute Gasteiger partial charge is 0.465 e. The molecule has 1 heterocycles. The summed E-state index contributed by atoms with van der Waals surface area (Å²) in [5.41, 5.74) is 0.257. The van der Waals surface area contributed by atoms with E-state index >= 15 is 0 Å². The summed E-state index contributed by atoms with van der Waals surface area (Å²) in [5.74, 6) is -1.46. The minimum Gasteiger partial charge on any atom is -0.465 e. The first kappa shape index (κ1) is 14.6. The van der Waals surface area contributed by atoms with Crippen LogP contribution in [-0.2, 0) is 9.47 Å². The zero-order valence-corrected chi connectivity index (χ0v) is 12.3. The predicted octanol–water partition coefficient (Wildman–Crippen LogP) is 2.75. The van der Waals surface area contributed by atoms with Crippen LogP contribution in [0.3, 0.4) is 0 Å². The molecule has 0 fully saturated rings. The standard InChI is InChI=1S/C13H10ClNO4S/c1-18-12(16)9-10(13(17)19-2)15-8-5-6(14)3-4-7(8)11(9)20/h3-5H,1-2H3,(H,15,20). The van der Waals surface area contributed by atoms with E-state index < -0.39 is 11.9 Å². The highest BCUT2D eigenvalue weighted by molar-refractivity contribution is 7.80. The van der Waals surface area contributed by atoms with Gasteiger partial charge in [-0.3, -0.25) is 0 Å². The highest BCUT2D eigenvalue weighted by Gasteiger charge is 2.25. The number of ether oxygens (including phenoxy) is 2. The van der Waals surface area contributed by atoms with Gasteiger partial charge in [-0.15, -0.1) is 12.6 Å². The molecule has 0 unspecified atom stereocenters. The topological polar surface area (TPSA) is 65.5 Å². The van der Waals surface area contributed by atoms with Gasteiger partial charge in [-0.2, -0.15) is 0 Å². The number of esters is 2. The highest BCUT2D eigenvalue weighted by atomic mass is 35.5. The predicted molar refractivity (Wildman–Crippen MR) is 76.7 cm³/mol. The molecule has 0 spiro atoms. The number of carbonyl (C=O) groups is 2. The van der Waals surface area contributed by atoms with Crippen molar-refractivity contribution in [2.75, 3.05) is 14.2 Å². The number of methoxy groups -OCH3 is 2. The van der Waals surface area contributed by atoms with E-state index in [4.69, 9.17) is 11.6 Å². The maximum atomic E-state index is 11.8. The molecule has 1 aromatic carbocycles. The normalized spacial score (nSPS) is 10.4. The Balaban J connectivity index is 2.86. The lowest BCUT2D eigenvalue weighted by atomic mass is 10.1. The third-order valence-corrected chi connectivity index (χ3v) is 3.39. The summed E-state index contributed by atoms with van der Waals surface area (Å²) in [4.78, 5) is 28.0. The minimum absolute atomic E-state index is 0.0301. The van der Waals surface area contributed by atoms with E-state index in [0.29, 0.717) is 20.8 Å². The lowest BCUT2D eigenvalue weighted by molar-refractivity contribution is 0.0547. The molecule has 0 saturated carbocycles. The zero-order valence-electron chi connectivity index (χ0n) is 10.6. The van der Waals surface area contributed by atoms with Gasteiger partial charge in [0, 0.05) is 15.3 Å². The summed E-state index contributed by atoms with van der Waals surface area (Å²) in [6, 6.07) is 4.88. The number of aromatic nitrogens is 1. The van der Waals surface area contributed by atoms with Crippen molar-refractivity contribution in [3.63, 3.8) is 0 Å². The van der Waals surface area contributed by atoms with E-state index in [1.54, 1.807) is 18.2 Å². The lowest BCUT2D eigenvalue weighted by Crippen LogP contribution is -2.15. The molecule has 0 aliphatic heterocycles. The van der Waals surface area contributed by atoms with E-state index in [1.807, 2.05) is 0 Å². The van der Waals surface area contributed by atoms with Crippen molar-refractivity contribution in [2.45, 2.75) is 4.90 Å². The third-order valence-electron chi connectivity index (χ3n) is 2.69. The average molecular weight is 312 g/mol. The molecule has 0 amide bonds.